The summed E-state index contributed by atoms with van der Waals surface area (Å²) in [6, 6.07) is 2.97. The topological polar surface area (TPSA) is 63.4 Å². The summed E-state index contributed by atoms with van der Waals surface area (Å²) in [4.78, 5) is 0.164. The maximum absolute atomic E-state index is 12.8. The molecule has 0 aliphatic rings. The van der Waals surface area contributed by atoms with Gasteiger partial charge in [-0.1, -0.05) is 39.3 Å². The fraction of sp³-hybridized carbons (Fsp3) is 0.600. The van der Waals surface area contributed by atoms with Crippen molar-refractivity contribution in [1.29, 1.82) is 0 Å². The molecule has 0 unspecified atom stereocenters. The Hall–Kier alpha value is -0.780. The van der Waals surface area contributed by atoms with E-state index in [4.69, 9.17) is 17.3 Å². The lowest BCUT2D eigenvalue weighted by molar-refractivity contribution is 0.333. The molecule has 0 spiro atoms. The largest absolute Gasteiger partial charge is 0.398 e. The number of halogens is 1. The summed E-state index contributed by atoms with van der Waals surface area (Å²) in [6.07, 6.45) is 0. The first-order valence-corrected chi connectivity index (χ1v) is 8.93. The van der Waals surface area contributed by atoms with Gasteiger partial charge in [0, 0.05) is 23.8 Å². The highest BCUT2D eigenvalue weighted by Crippen LogP contribution is 2.28. The summed E-state index contributed by atoms with van der Waals surface area (Å²) >= 11 is 6.08. The molecule has 0 aromatic heterocycles. The van der Waals surface area contributed by atoms with Crippen molar-refractivity contribution in [3.63, 3.8) is 0 Å². The smallest absolute Gasteiger partial charge is 0.243 e. The molecular formula is C15H25ClN2O2S. The quantitative estimate of drug-likeness (QED) is 0.810. The first-order valence-electron chi connectivity index (χ1n) is 7.11. The third kappa shape index (κ3) is 4.59. The zero-order chi connectivity index (χ0) is 16.4. The van der Waals surface area contributed by atoms with E-state index in [0.717, 1.165) is 0 Å². The van der Waals surface area contributed by atoms with Crippen molar-refractivity contribution in [3.8, 4) is 0 Å². The molecule has 1 aromatic rings. The zero-order valence-electron chi connectivity index (χ0n) is 13.4. The summed E-state index contributed by atoms with van der Waals surface area (Å²) in [5.41, 5.74) is 6.96. The maximum atomic E-state index is 12.8. The molecule has 4 nitrogen and oxygen atoms in total. The van der Waals surface area contributed by atoms with Crippen molar-refractivity contribution in [2.45, 2.75) is 39.5 Å². The second-order valence-electron chi connectivity index (χ2n) is 6.23. The van der Waals surface area contributed by atoms with Crippen LogP contribution in [0, 0.1) is 18.8 Å². The minimum Gasteiger partial charge on any atom is -0.398 e. The number of hydrogen-bond donors (Lipinski definition) is 1. The van der Waals surface area contributed by atoms with E-state index in [-0.39, 0.29) is 16.7 Å². The van der Waals surface area contributed by atoms with E-state index in [0.29, 0.717) is 29.4 Å². The number of benzene rings is 1. The molecule has 21 heavy (non-hydrogen) atoms. The molecule has 0 saturated heterocycles. The fourth-order valence-corrected chi connectivity index (χ4v) is 4.18. The third-order valence-corrected chi connectivity index (χ3v) is 5.34. The third-order valence-electron chi connectivity index (χ3n) is 3.13. The Labute approximate surface area is 133 Å². The molecule has 0 saturated carbocycles. The van der Waals surface area contributed by atoms with Gasteiger partial charge in [0.15, 0.2) is 0 Å². The van der Waals surface area contributed by atoms with Gasteiger partial charge in [0.25, 0.3) is 0 Å². The first-order chi connectivity index (χ1) is 9.55. The number of nitrogen functional groups attached to an aromatic ring is 1. The molecule has 0 amide bonds. The van der Waals surface area contributed by atoms with Gasteiger partial charge in [0.2, 0.25) is 10.0 Å². The van der Waals surface area contributed by atoms with E-state index >= 15 is 0 Å². The van der Waals surface area contributed by atoms with Gasteiger partial charge in [-0.2, -0.15) is 4.31 Å². The van der Waals surface area contributed by atoms with Crippen LogP contribution >= 0.6 is 11.6 Å². The highest BCUT2D eigenvalue weighted by molar-refractivity contribution is 7.89. The van der Waals surface area contributed by atoms with Gasteiger partial charge in [-0.15, -0.1) is 0 Å². The molecule has 0 heterocycles. The molecular weight excluding hydrogens is 308 g/mol. The lowest BCUT2D eigenvalue weighted by Crippen LogP contribution is -2.37. The molecule has 1 aromatic carbocycles. The Kier molecular flexibility index (Phi) is 6.08. The van der Waals surface area contributed by atoms with E-state index in [9.17, 15) is 8.42 Å². The summed E-state index contributed by atoms with van der Waals surface area (Å²) < 4.78 is 27.2. The molecule has 6 heteroatoms. The van der Waals surface area contributed by atoms with Gasteiger partial charge >= 0.3 is 0 Å². The fourth-order valence-electron chi connectivity index (χ4n) is 2.06. The molecule has 2 N–H and O–H groups in total. The van der Waals surface area contributed by atoms with Crippen LogP contribution in [-0.2, 0) is 10.0 Å². The molecule has 0 fully saturated rings. The van der Waals surface area contributed by atoms with Crippen molar-refractivity contribution in [2.24, 2.45) is 11.8 Å². The van der Waals surface area contributed by atoms with E-state index < -0.39 is 10.0 Å². The minimum atomic E-state index is -3.58. The van der Waals surface area contributed by atoms with Crippen LogP contribution in [0.25, 0.3) is 0 Å². The Bertz CT molecular complexity index is 565. The summed E-state index contributed by atoms with van der Waals surface area (Å²) in [5, 5.41) is 0.377. The summed E-state index contributed by atoms with van der Waals surface area (Å²) in [7, 11) is -3.58. The van der Waals surface area contributed by atoms with Gasteiger partial charge in [-0.25, -0.2) is 8.42 Å². The standard InChI is InChI=1S/C15H25ClN2O2S/c1-10(2)8-18(9-11(3)4)21(19,20)13-6-14(16)12(5)15(17)7-13/h6-7,10-11H,8-9,17H2,1-5H3. The predicted molar refractivity (Wildman–Crippen MR) is 89.0 cm³/mol. The lowest BCUT2D eigenvalue weighted by Gasteiger charge is -2.26. The maximum Gasteiger partial charge on any atom is 0.243 e. The van der Waals surface area contributed by atoms with Gasteiger partial charge in [0.05, 0.1) is 4.90 Å². The Balaban J connectivity index is 3.28. The number of sulfonamides is 1. The number of hydrogen-bond acceptors (Lipinski definition) is 3. The van der Waals surface area contributed by atoms with Crippen LogP contribution in [0.3, 0.4) is 0 Å². The van der Waals surface area contributed by atoms with E-state index in [1.807, 2.05) is 27.7 Å². The predicted octanol–water partition coefficient (Wildman–Crippen LogP) is 3.53. The lowest BCUT2D eigenvalue weighted by atomic mass is 10.2. The molecule has 1 rings (SSSR count). The van der Waals surface area contributed by atoms with Crippen LogP contribution in [0.5, 0.6) is 0 Å². The normalized spacial score (nSPS) is 12.6. The second kappa shape index (κ2) is 6.99. The monoisotopic (exact) mass is 332 g/mol. The Morgan fingerprint density at radius 3 is 2.00 bits per heavy atom. The van der Waals surface area contributed by atoms with Crippen molar-refractivity contribution in [3.05, 3.63) is 22.7 Å². The van der Waals surface area contributed by atoms with Crippen LogP contribution < -0.4 is 5.73 Å². The highest BCUT2D eigenvalue weighted by Gasteiger charge is 2.26. The zero-order valence-corrected chi connectivity index (χ0v) is 14.9. The number of rotatable bonds is 6. The second-order valence-corrected chi connectivity index (χ2v) is 8.57. The summed E-state index contributed by atoms with van der Waals surface area (Å²) in [6.45, 7) is 10.7. The molecule has 0 bridgehead atoms. The molecule has 0 aliphatic carbocycles. The van der Waals surface area contributed by atoms with E-state index in [1.165, 1.54) is 16.4 Å². The minimum absolute atomic E-state index is 0.164. The van der Waals surface area contributed by atoms with E-state index in [1.54, 1.807) is 6.92 Å². The Morgan fingerprint density at radius 1 is 1.14 bits per heavy atom. The molecule has 0 atom stereocenters. The van der Waals surface area contributed by atoms with Crippen LogP contribution in [-0.4, -0.2) is 25.8 Å². The van der Waals surface area contributed by atoms with Gasteiger partial charge < -0.3 is 5.73 Å². The van der Waals surface area contributed by atoms with E-state index in [2.05, 4.69) is 0 Å². The van der Waals surface area contributed by atoms with Crippen molar-refractivity contribution >= 4 is 27.3 Å². The van der Waals surface area contributed by atoms with Crippen LogP contribution in [0.4, 0.5) is 5.69 Å². The molecule has 0 radical (unpaired) electrons. The number of nitrogens with zero attached hydrogens (tertiary/aromatic N) is 1. The number of anilines is 1. The molecule has 0 aliphatic heterocycles. The SMILES string of the molecule is Cc1c(N)cc(S(=O)(=O)N(CC(C)C)CC(C)C)cc1Cl. The van der Waals surface area contributed by atoms with Gasteiger partial charge in [-0.05, 0) is 36.5 Å². The Morgan fingerprint density at radius 2 is 1.62 bits per heavy atom. The van der Waals surface area contributed by atoms with Crippen molar-refractivity contribution in [1.82, 2.24) is 4.31 Å². The van der Waals surface area contributed by atoms with Gasteiger partial charge in [-0.3, -0.25) is 0 Å². The summed E-state index contributed by atoms with van der Waals surface area (Å²) in [5.74, 6) is 0.494. The van der Waals surface area contributed by atoms with Gasteiger partial charge in [0.1, 0.15) is 0 Å². The molecule has 120 valence electrons. The van der Waals surface area contributed by atoms with Crippen LogP contribution in [0.1, 0.15) is 33.3 Å². The average Bonchev–Trinajstić information content (AvgIpc) is 2.33. The van der Waals surface area contributed by atoms with Crippen molar-refractivity contribution in [2.75, 3.05) is 18.8 Å². The first kappa shape index (κ1) is 18.3. The highest BCUT2D eigenvalue weighted by atomic mass is 35.5. The van der Waals surface area contributed by atoms with Crippen LogP contribution in [0.2, 0.25) is 5.02 Å². The number of nitrogens with two attached hydrogens (primary N) is 1. The van der Waals surface area contributed by atoms with Crippen molar-refractivity contribution < 1.29 is 8.42 Å². The van der Waals surface area contributed by atoms with Crippen LogP contribution in [0.15, 0.2) is 17.0 Å². The average molecular weight is 333 g/mol.